The summed E-state index contributed by atoms with van der Waals surface area (Å²) in [5.41, 5.74) is 0. The number of rotatable bonds is 17. The maximum atomic E-state index is 11.4. The van der Waals surface area contributed by atoms with Crippen molar-refractivity contribution in [1.29, 1.82) is 0 Å². The van der Waals surface area contributed by atoms with Gasteiger partial charge in [0.2, 0.25) is 0 Å². The molecule has 0 atom stereocenters. The zero-order valence-electron chi connectivity index (χ0n) is 16.5. The van der Waals surface area contributed by atoms with Crippen molar-refractivity contribution in [2.75, 3.05) is 24.6 Å². The molecule has 2 nitrogen and oxygen atoms in total. The molecule has 0 aliphatic carbocycles. The summed E-state index contributed by atoms with van der Waals surface area (Å²) in [5, 5.41) is 11.4. The van der Waals surface area contributed by atoms with Crippen LogP contribution >= 0.6 is 19.7 Å². The molecule has 0 N–H and O–H groups in total. The molecule has 0 amide bonds. The van der Waals surface area contributed by atoms with Gasteiger partial charge in [-0.1, -0.05) is 59.3 Å². The lowest BCUT2D eigenvalue weighted by Crippen LogP contribution is -2.30. The summed E-state index contributed by atoms with van der Waals surface area (Å²) < 4.78 is 0. The van der Waals surface area contributed by atoms with E-state index >= 15 is 0 Å². The SMILES string of the molecule is CCCCCC[P+](CCCCCC)(CCCCCC)CC(=O)[O-].Cl. The van der Waals surface area contributed by atoms with Crippen molar-refractivity contribution >= 4 is 25.6 Å². The standard InChI is InChI=1S/C20H41O2P.ClH/c1-4-7-10-13-16-23(19-20(21)22,17-14-11-8-5-2)18-15-12-9-6-3;/h4-19H2,1-3H3;1H. The highest BCUT2D eigenvalue weighted by Crippen LogP contribution is 2.60. The second-order valence-corrected chi connectivity index (χ2v) is 11.6. The molecule has 0 saturated heterocycles. The van der Waals surface area contributed by atoms with Crippen LogP contribution in [0, 0.1) is 0 Å². The Morgan fingerprint density at radius 1 is 0.667 bits per heavy atom. The van der Waals surface area contributed by atoms with Gasteiger partial charge >= 0.3 is 0 Å². The number of carboxylic acids is 1. The molecule has 24 heavy (non-hydrogen) atoms. The van der Waals surface area contributed by atoms with Crippen molar-refractivity contribution in [1.82, 2.24) is 0 Å². The van der Waals surface area contributed by atoms with Gasteiger partial charge in [0.15, 0.2) is 0 Å². The molecule has 0 heterocycles. The Balaban J connectivity index is 0. The number of aliphatic carboxylic acids is 1. The smallest absolute Gasteiger partial charge is 0.0986 e. The summed E-state index contributed by atoms with van der Waals surface area (Å²) in [5.74, 6) is -0.792. The van der Waals surface area contributed by atoms with Gasteiger partial charge in [-0.15, -0.1) is 12.4 Å². The third kappa shape index (κ3) is 14.5. The maximum absolute atomic E-state index is 11.4. The molecule has 146 valence electrons. The quantitative estimate of drug-likeness (QED) is 0.232. The average Bonchev–Trinajstić information content (AvgIpc) is 2.52. The minimum atomic E-state index is -1.33. The minimum Gasteiger partial charge on any atom is -0.546 e. The third-order valence-electron chi connectivity index (χ3n) is 4.92. The van der Waals surface area contributed by atoms with Gasteiger partial charge < -0.3 is 9.90 Å². The zero-order valence-corrected chi connectivity index (χ0v) is 18.2. The van der Waals surface area contributed by atoms with Crippen LogP contribution in [0.5, 0.6) is 0 Å². The maximum Gasteiger partial charge on any atom is 0.0986 e. The Morgan fingerprint density at radius 2 is 1.00 bits per heavy atom. The van der Waals surface area contributed by atoms with Gasteiger partial charge in [-0.2, -0.15) is 0 Å². The van der Waals surface area contributed by atoms with E-state index in [-0.39, 0.29) is 12.4 Å². The average molecular weight is 381 g/mol. The number of carboxylic acid groups (broad SMARTS) is 1. The van der Waals surface area contributed by atoms with Gasteiger partial charge in [0.1, 0.15) is 0 Å². The van der Waals surface area contributed by atoms with Crippen LogP contribution in [0.3, 0.4) is 0 Å². The van der Waals surface area contributed by atoms with Crippen molar-refractivity contribution < 1.29 is 9.90 Å². The number of halogens is 1. The third-order valence-corrected chi connectivity index (χ3v) is 9.65. The summed E-state index contributed by atoms with van der Waals surface area (Å²) in [6.45, 7) is 6.71. The molecule has 0 aromatic heterocycles. The van der Waals surface area contributed by atoms with E-state index in [0.29, 0.717) is 6.16 Å². The van der Waals surface area contributed by atoms with Crippen LogP contribution in [0.25, 0.3) is 0 Å². The second-order valence-electron chi connectivity index (χ2n) is 7.22. The summed E-state index contributed by atoms with van der Waals surface area (Å²) in [7, 11) is -1.33. The molecule has 0 bridgehead atoms. The lowest BCUT2D eigenvalue weighted by atomic mass is 10.2. The molecular weight excluding hydrogens is 339 g/mol. The van der Waals surface area contributed by atoms with E-state index in [0.717, 1.165) is 0 Å². The second kappa shape index (κ2) is 18.0. The highest BCUT2D eigenvalue weighted by molar-refractivity contribution is 7.76. The fraction of sp³-hybridized carbons (Fsp3) is 0.950. The predicted molar refractivity (Wildman–Crippen MR) is 111 cm³/mol. The number of carbonyl (C=O) groups is 1. The largest absolute Gasteiger partial charge is 0.546 e. The Bertz CT molecular complexity index is 254. The van der Waals surface area contributed by atoms with Crippen LogP contribution in [0.15, 0.2) is 0 Å². The highest BCUT2D eigenvalue weighted by Gasteiger charge is 2.35. The summed E-state index contributed by atoms with van der Waals surface area (Å²) in [4.78, 5) is 11.4. The molecule has 0 aromatic rings. The Hall–Kier alpha value is 0.190. The summed E-state index contributed by atoms with van der Waals surface area (Å²) >= 11 is 0. The van der Waals surface area contributed by atoms with Crippen molar-refractivity contribution in [3.63, 3.8) is 0 Å². The first-order valence-electron chi connectivity index (χ1n) is 10.1. The molecule has 0 aliphatic rings. The first kappa shape index (κ1) is 26.4. The number of carbonyl (C=O) groups excluding carboxylic acids is 1. The molecule has 0 fully saturated rings. The molecule has 0 aromatic carbocycles. The first-order valence-corrected chi connectivity index (χ1v) is 12.7. The molecule has 0 rings (SSSR count). The fourth-order valence-electron chi connectivity index (χ4n) is 3.47. The monoisotopic (exact) mass is 380 g/mol. The van der Waals surface area contributed by atoms with Crippen LogP contribution in [-0.4, -0.2) is 30.6 Å². The van der Waals surface area contributed by atoms with Crippen molar-refractivity contribution in [3.8, 4) is 0 Å². The predicted octanol–water partition coefficient (Wildman–Crippen LogP) is 5.92. The molecule has 0 aliphatic heterocycles. The molecule has 0 saturated carbocycles. The Kier molecular flexibility index (Phi) is 19.8. The van der Waals surface area contributed by atoms with Crippen LogP contribution in [-0.2, 0) is 4.79 Å². The number of unbranched alkanes of at least 4 members (excludes halogenated alkanes) is 9. The van der Waals surface area contributed by atoms with Gasteiger partial charge in [0, 0.05) is 7.26 Å². The van der Waals surface area contributed by atoms with E-state index in [9.17, 15) is 9.90 Å². The molecule has 0 radical (unpaired) electrons. The number of hydrogen-bond donors (Lipinski definition) is 0. The van der Waals surface area contributed by atoms with Crippen molar-refractivity contribution in [3.05, 3.63) is 0 Å². The fourth-order valence-corrected chi connectivity index (χ4v) is 7.84. The van der Waals surface area contributed by atoms with Crippen LogP contribution in [0.4, 0.5) is 0 Å². The molecular formula is C20H42ClO2P. The van der Waals surface area contributed by atoms with Gasteiger partial charge in [0.25, 0.3) is 0 Å². The minimum absolute atomic E-state index is 0. The lowest BCUT2D eigenvalue weighted by Gasteiger charge is -2.28. The Morgan fingerprint density at radius 3 is 1.25 bits per heavy atom. The van der Waals surface area contributed by atoms with E-state index in [1.165, 1.54) is 95.5 Å². The topological polar surface area (TPSA) is 40.1 Å². The Labute approximate surface area is 158 Å². The molecule has 4 heteroatoms. The number of hydrogen-bond acceptors (Lipinski definition) is 2. The van der Waals surface area contributed by atoms with E-state index in [1.807, 2.05) is 0 Å². The van der Waals surface area contributed by atoms with Crippen LogP contribution < -0.4 is 5.11 Å². The lowest BCUT2D eigenvalue weighted by molar-refractivity contribution is -0.301. The van der Waals surface area contributed by atoms with Crippen molar-refractivity contribution in [2.45, 2.75) is 97.8 Å². The zero-order chi connectivity index (χ0) is 17.4. The van der Waals surface area contributed by atoms with Crippen molar-refractivity contribution in [2.24, 2.45) is 0 Å². The summed E-state index contributed by atoms with van der Waals surface area (Å²) in [6, 6.07) is 0. The van der Waals surface area contributed by atoms with E-state index in [1.54, 1.807) is 0 Å². The normalized spacial score (nSPS) is 11.3. The van der Waals surface area contributed by atoms with Crippen LogP contribution in [0.2, 0.25) is 0 Å². The van der Waals surface area contributed by atoms with E-state index in [4.69, 9.17) is 0 Å². The van der Waals surface area contributed by atoms with Gasteiger partial charge in [-0.25, -0.2) is 0 Å². The van der Waals surface area contributed by atoms with Gasteiger partial charge in [-0.3, -0.25) is 0 Å². The van der Waals surface area contributed by atoms with E-state index < -0.39 is 13.2 Å². The first-order chi connectivity index (χ1) is 11.1. The molecule has 0 unspecified atom stereocenters. The van der Waals surface area contributed by atoms with Crippen LogP contribution in [0.1, 0.15) is 97.8 Å². The molecule has 0 spiro atoms. The van der Waals surface area contributed by atoms with Gasteiger partial charge in [0.05, 0.1) is 30.6 Å². The van der Waals surface area contributed by atoms with E-state index in [2.05, 4.69) is 20.8 Å². The summed E-state index contributed by atoms with van der Waals surface area (Å²) in [6.07, 6.45) is 19.1. The highest BCUT2D eigenvalue weighted by atomic mass is 35.5. The van der Waals surface area contributed by atoms with Gasteiger partial charge in [-0.05, 0) is 38.5 Å².